The summed E-state index contributed by atoms with van der Waals surface area (Å²) < 4.78 is 4.80. The van der Waals surface area contributed by atoms with Crippen LogP contribution in [0.5, 0.6) is 0 Å². The van der Waals surface area contributed by atoms with Crippen molar-refractivity contribution in [1.29, 1.82) is 0 Å². The van der Waals surface area contributed by atoms with Gasteiger partial charge in [0, 0.05) is 25.8 Å². The number of benzene rings is 1. The summed E-state index contributed by atoms with van der Waals surface area (Å²) in [5.41, 5.74) is 3.42. The number of carbonyl (C=O) groups is 3. The van der Waals surface area contributed by atoms with Crippen LogP contribution in [0.2, 0.25) is 0 Å². The molecule has 0 bridgehead atoms. The van der Waals surface area contributed by atoms with Crippen molar-refractivity contribution in [3.63, 3.8) is 0 Å². The Morgan fingerprint density at radius 2 is 2.03 bits per heavy atom. The molecular formula is C26H35N3O5. The predicted octanol–water partition coefficient (Wildman–Crippen LogP) is 4.12. The Labute approximate surface area is 200 Å². The maximum Gasteiger partial charge on any atom is 0.337 e. The van der Waals surface area contributed by atoms with Gasteiger partial charge in [0.1, 0.15) is 5.82 Å². The number of aromatic amines is 1. The van der Waals surface area contributed by atoms with E-state index in [9.17, 15) is 14.4 Å². The summed E-state index contributed by atoms with van der Waals surface area (Å²) in [4.78, 5) is 42.7. The lowest BCUT2D eigenvalue weighted by Gasteiger charge is -2.37. The molecule has 1 aliphatic carbocycles. The number of esters is 1. The van der Waals surface area contributed by atoms with Gasteiger partial charge in [-0.25, -0.2) is 9.78 Å². The number of allylic oxidation sites excluding steroid dienone is 1. The van der Waals surface area contributed by atoms with Crippen LogP contribution in [0.3, 0.4) is 0 Å². The molecule has 34 heavy (non-hydrogen) atoms. The number of fused-ring (bicyclic) bond motifs is 1. The minimum atomic E-state index is -0.877. The molecular weight excluding hydrogens is 434 g/mol. The number of aromatic nitrogens is 2. The van der Waals surface area contributed by atoms with Gasteiger partial charge in [-0.2, -0.15) is 0 Å². The number of nitrogens with one attached hydrogen (secondary N) is 2. The van der Waals surface area contributed by atoms with Crippen LogP contribution in [0.15, 0.2) is 29.8 Å². The Balaban J connectivity index is 1.66. The maximum atomic E-state index is 12.1. The second-order valence-electron chi connectivity index (χ2n) is 9.58. The highest BCUT2D eigenvalue weighted by Crippen LogP contribution is 2.38. The lowest BCUT2D eigenvalue weighted by atomic mass is 9.69. The van der Waals surface area contributed by atoms with Gasteiger partial charge in [-0.3, -0.25) is 9.59 Å². The van der Waals surface area contributed by atoms with Gasteiger partial charge in [0.25, 0.3) is 0 Å². The number of aliphatic carboxylic acids is 1. The fourth-order valence-electron chi connectivity index (χ4n) is 4.87. The molecule has 1 aromatic carbocycles. The third kappa shape index (κ3) is 6.46. The van der Waals surface area contributed by atoms with Crippen LogP contribution in [0.25, 0.3) is 11.0 Å². The Kier molecular flexibility index (Phi) is 8.47. The molecule has 184 valence electrons. The van der Waals surface area contributed by atoms with Crippen molar-refractivity contribution in [1.82, 2.24) is 15.3 Å². The third-order valence-corrected chi connectivity index (χ3v) is 6.81. The minimum absolute atomic E-state index is 0.0119. The molecule has 8 heteroatoms. The minimum Gasteiger partial charge on any atom is -0.481 e. The topological polar surface area (TPSA) is 121 Å². The van der Waals surface area contributed by atoms with Crippen LogP contribution in [0.1, 0.15) is 62.6 Å². The fraction of sp³-hybridized carbons (Fsp3) is 0.538. The number of carbonyl (C=O) groups excluding carboxylic acids is 2. The first-order valence-corrected chi connectivity index (χ1v) is 11.9. The molecule has 1 aromatic heterocycles. The summed E-state index contributed by atoms with van der Waals surface area (Å²) >= 11 is 0. The molecule has 2 aromatic rings. The molecule has 0 saturated heterocycles. The van der Waals surface area contributed by atoms with Crippen molar-refractivity contribution < 1.29 is 24.2 Å². The van der Waals surface area contributed by atoms with Crippen molar-refractivity contribution in [3.05, 3.63) is 41.2 Å². The molecule has 1 amide bonds. The average molecular weight is 470 g/mol. The largest absolute Gasteiger partial charge is 0.481 e. The van der Waals surface area contributed by atoms with E-state index in [1.165, 1.54) is 12.7 Å². The normalized spacial score (nSPS) is 20.3. The van der Waals surface area contributed by atoms with E-state index in [1.807, 2.05) is 6.07 Å². The van der Waals surface area contributed by atoms with Gasteiger partial charge in [0.2, 0.25) is 5.91 Å². The van der Waals surface area contributed by atoms with Crippen molar-refractivity contribution >= 4 is 28.9 Å². The molecule has 8 nitrogen and oxygen atoms in total. The first-order valence-electron chi connectivity index (χ1n) is 11.9. The standard InChI is InChI=1S/C26H35N3O5/c1-15(2)20-11-18(16(3)10-19(20)14-27-24(30)6-5-7-25(31)32)13-23-28-21-9-8-17(26(33)34-4)12-22(21)29-23/h8-10,12,15,18-20H,5-7,11,13-14H2,1-4H3,(H,27,30)(H,28,29)(H,31,32)/t18-,19-,20-/m0/s1. The number of nitrogens with zero attached hydrogens (tertiary/aromatic N) is 1. The number of methoxy groups -OCH3 is 1. The highest BCUT2D eigenvalue weighted by atomic mass is 16.5. The van der Waals surface area contributed by atoms with E-state index in [0.717, 1.165) is 29.7 Å². The molecule has 0 spiro atoms. The van der Waals surface area contributed by atoms with Gasteiger partial charge in [-0.1, -0.05) is 25.5 Å². The number of rotatable bonds is 10. The number of carboxylic acids is 1. The van der Waals surface area contributed by atoms with Crippen LogP contribution in [-0.4, -0.2) is 46.6 Å². The Morgan fingerprint density at radius 3 is 2.71 bits per heavy atom. The second kappa shape index (κ2) is 11.3. The van der Waals surface area contributed by atoms with E-state index in [0.29, 0.717) is 36.3 Å². The van der Waals surface area contributed by atoms with E-state index in [1.54, 1.807) is 12.1 Å². The Morgan fingerprint density at radius 1 is 1.26 bits per heavy atom. The van der Waals surface area contributed by atoms with E-state index in [4.69, 9.17) is 14.8 Å². The van der Waals surface area contributed by atoms with Gasteiger partial charge < -0.3 is 20.1 Å². The molecule has 3 atom stereocenters. The van der Waals surface area contributed by atoms with Crippen molar-refractivity contribution in [3.8, 4) is 0 Å². The van der Waals surface area contributed by atoms with Crippen LogP contribution < -0.4 is 5.32 Å². The number of carboxylic acid groups (broad SMARTS) is 1. The fourth-order valence-corrected chi connectivity index (χ4v) is 4.87. The Hall–Kier alpha value is -3.16. The predicted molar refractivity (Wildman–Crippen MR) is 129 cm³/mol. The van der Waals surface area contributed by atoms with Crippen molar-refractivity contribution in [2.24, 2.45) is 23.7 Å². The van der Waals surface area contributed by atoms with Gasteiger partial charge in [0.15, 0.2) is 0 Å². The third-order valence-electron chi connectivity index (χ3n) is 6.81. The summed E-state index contributed by atoms with van der Waals surface area (Å²) in [6.07, 6.45) is 4.67. The van der Waals surface area contributed by atoms with E-state index in [2.05, 4.69) is 37.1 Å². The SMILES string of the molecule is COC(=O)c1ccc2nc(C[C@@H]3C[C@@H](C(C)C)[C@H](CNC(=O)CCCC(=O)O)C=C3C)[nH]c2c1. The van der Waals surface area contributed by atoms with Crippen LogP contribution in [0, 0.1) is 23.7 Å². The molecule has 1 aliphatic rings. The van der Waals surface area contributed by atoms with Crippen LogP contribution >= 0.6 is 0 Å². The van der Waals surface area contributed by atoms with Crippen LogP contribution in [-0.2, 0) is 20.7 Å². The number of imidazole rings is 1. The zero-order valence-corrected chi connectivity index (χ0v) is 20.4. The number of H-pyrrole nitrogens is 1. The number of amides is 1. The smallest absolute Gasteiger partial charge is 0.337 e. The summed E-state index contributed by atoms with van der Waals surface area (Å²) in [5, 5.41) is 11.7. The number of hydrogen-bond donors (Lipinski definition) is 3. The van der Waals surface area contributed by atoms with Crippen molar-refractivity contribution in [2.75, 3.05) is 13.7 Å². The molecule has 0 saturated carbocycles. The first kappa shape index (κ1) is 25.5. The molecule has 1 heterocycles. The molecule has 0 aliphatic heterocycles. The quantitative estimate of drug-likeness (QED) is 0.355. The van der Waals surface area contributed by atoms with E-state index >= 15 is 0 Å². The number of hydrogen-bond acceptors (Lipinski definition) is 5. The summed E-state index contributed by atoms with van der Waals surface area (Å²) in [7, 11) is 1.37. The molecule has 0 radical (unpaired) electrons. The van der Waals surface area contributed by atoms with Crippen molar-refractivity contribution in [2.45, 2.75) is 52.9 Å². The summed E-state index contributed by atoms with van der Waals surface area (Å²) in [6.45, 7) is 7.14. The van der Waals surface area contributed by atoms with Crippen LogP contribution in [0.4, 0.5) is 0 Å². The molecule has 0 unspecified atom stereocenters. The highest BCUT2D eigenvalue weighted by Gasteiger charge is 2.32. The second-order valence-corrected chi connectivity index (χ2v) is 9.58. The van der Waals surface area contributed by atoms with E-state index < -0.39 is 5.97 Å². The molecule has 3 N–H and O–H groups in total. The molecule has 3 rings (SSSR count). The zero-order valence-electron chi connectivity index (χ0n) is 20.4. The molecule has 0 fully saturated rings. The number of ether oxygens (including phenoxy) is 1. The maximum absolute atomic E-state index is 12.1. The first-order chi connectivity index (χ1) is 16.2. The highest BCUT2D eigenvalue weighted by molar-refractivity contribution is 5.93. The lowest BCUT2D eigenvalue weighted by Crippen LogP contribution is -2.37. The summed E-state index contributed by atoms with van der Waals surface area (Å²) in [5.74, 6) is 1.02. The lowest BCUT2D eigenvalue weighted by molar-refractivity contribution is -0.137. The monoisotopic (exact) mass is 469 g/mol. The van der Waals surface area contributed by atoms with Gasteiger partial charge in [-0.15, -0.1) is 0 Å². The van der Waals surface area contributed by atoms with Gasteiger partial charge in [-0.05, 0) is 61.6 Å². The van der Waals surface area contributed by atoms with E-state index in [-0.39, 0.29) is 30.6 Å². The Bertz CT molecular complexity index is 1070. The average Bonchev–Trinajstić information content (AvgIpc) is 3.19. The van der Waals surface area contributed by atoms with Gasteiger partial charge in [0.05, 0.1) is 23.7 Å². The zero-order chi connectivity index (χ0) is 24.8. The summed E-state index contributed by atoms with van der Waals surface area (Å²) in [6, 6.07) is 5.32. The van der Waals surface area contributed by atoms with Gasteiger partial charge >= 0.3 is 11.9 Å².